The van der Waals surface area contributed by atoms with E-state index in [9.17, 15) is 0 Å². The standard InChI is InChI=1S/C15H17ClN2/c16-8-2-5-13-4-1-7-15(10-13)18-12-14-6-3-9-17-11-14/h1,3-4,6-7,9-11,18H,2,5,8,12H2. The maximum absolute atomic E-state index is 5.71. The first-order chi connectivity index (χ1) is 8.88. The van der Waals surface area contributed by atoms with Crippen molar-refractivity contribution in [1.82, 2.24) is 4.98 Å². The molecule has 1 aromatic heterocycles. The van der Waals surface area contributed by atoms with Gasteiger partial charge in [-0.3, -0.25) is 4.98 Å². The molecule has 0 saturated heterocycles. The Morgan fingerprint density at radius 2 is 2.00 bits per heavy atom. The molecule has 0 saturated carbocycles. The van der Waals surface area contributed by atoms with Gasteiger partial charge >= 0.3 is 0 Å². The molecule has 2 aromatic rings. The molecule has 0 radical (unpaired) electrons. The van der Waals surface area contributed by atoms with Crippen LogP contribution in [0.3, 0.4) is 0 Å². The van der Waals surface area contributed by atoms with Gasteiger partial charge in [0.15, 0.2) is 0 Å². The molecule has 0 aliphatic heterocycles. The largest absolute Gasteiger partial charge is 0.381 e. The minimum atomic E-state index is 0.716. The van der Waals surface area contributed by atoms with Crippen molar-refractivity contribution in [2.24, 2.45) is 0 Å². The Hall–Kier alpha value is -1.54. The third-order valence-electron chi connectivity index (χ3n) is 2.75. The van der Waals surface area contributed by atoms with Gasteiger partial charge in [0, 0.05) is 30.5 Å². The number of halogens is 1. The highest BCUT2D eigenvalue weighted by molar-refractivity contribution is 6.17. The Bertz CT molecular complexity index is 471. The van der Waals surface area contributed by atoms with Crippen molar-refractivity contribution in [2.45, 2.75) is 19.4 Å². The van der Waals surface area contributed by atoms with Crippen LogP contribution in [0.4, 0.5) is 5.69 Å². The van der Waals surface area contributed by atoms with Crippen LogP contribution in [-0.4, -0.2) is 10.9 Å². The molecule has 0 aliphatic rings. The lowest BCUT2D eigenvalue weighted by molar-refractivity contribution is 0.928. The van der Waals surface area contributed by atoms with Gasteiger partial charge < -0.3 is 5.32 Å². The first-order valence-corrected chi connectivity index (χ1v) is 6.69. The third kappa shape index (κ3) is 4.04. The smallest absolute Gasteiger partial charge is 0.0416 e. The number of pyridine rings is 1. The number of anilines is 1. The normalized spacial score (nSPS) is 10.3. The third-order valence-corrected chi connectivity index (χ3v) is 3.01. The van der Waals surface area contributed by atoms with Gasteiger partial charge in [-0.1, -0.05) is 18.2 Å². The minimum absolute atomic E-state index is 0.716. The van der Waals surface area contributed by atoms with Gasteiger partial charge in [-0.05, 0) is 42.2 Å². The van der Waals surface area contributed by atoms with Crippen LogP contribution in [0.2, 0.25) is 0 Å². The number of hydrogen-bond acceptors (Lipinski definition) is 2. The van der Waals surface area contributed by atoms with Crippen LogP contribution in [0.25, 0.3) is 0 Å². The number of rotatable bonds is 6. The minimum Gasteiger partial charge on any atom is -0.381 e. The average Bonchev–Trinajstić information content (AvgIpc) is 2.44. The molecular formula is C15H17ClN2. The van der Waals surface area contributed by atoms with Crippen molar-refractivity contribution in [3.8, 4) is 0 Å². The lowest BCUT2D eigenvalue weighted by Crippen LogP contribution is -2.00. The van der Waals surface area contributed by atoms with E-state index in [4.69, 9.17) is 11.6 Å². The summed E-state index contributed by atoms with van der Waals surface area (Å²) in [6, 6.07) is 12.5. The topological polar surface area (TPSA) is 24.9 Å². The van der Waals surface area contributed by atoms with Gasteiger partial charge in [0.25, 0.3) is 0 Å². The molecule has 94 valence electrons. The summed E-state index contributed by atoms with van der Waals surface area (Å²) in [7, 11) is 0. The van der Waals surface area contributed by atoms with E-state index in [0.717, 1.165) is 25.1 Å². The fourth-order valence-electron chi connectivity index (χ4n) is 1.81. The molecule has 0 spiro atoms. The molecule has 18 heavy (non-hydrogen) atoms. The van der Waals surface area contributed by atoms with E-state index in [2.05, 4.69) is 40.6 Å². The van der Waals surface area contributed by atoms with Crippen molar-refractivity contribution in [1.29, 1.82) is 0 Å². The van der Waals surface area contributed by atoms with E-state index in [-0.39, 0.29) is 0 Å². The molecule has 0 bridgehead atoms. The molecule has 0 unspecified atom stereocenters. The number of aryl methyl sites for hydroxylation is 1. The SMILES string of the molecule is ClCCCc1cccc(NCc2cccnc2)c1. The summed E-state index contributed by atoms with van der Waals surface area (Å²) < 4.78 is 0. The van der Waals surface area contributed by atoms with E-state index < -0.39 is 0 Å². The maximum Gasteiger partial charge on any atom is 0.0416 e. The molecule has 1 N–H and O–H groups in total. The number of alkyl halides is 1. The van der Waals surface area contributed by atoms with Gasteiger partial charge in [0.2, 0.25) is 0 Å². The summed E-state index contributed by atoms with van der Waals surface area (Å²) in [5.41, 5.74) is 3.65. The van der Waals surface area contributed by atoms with E-state index in [1.807, 2.05) is 12.3 Å². The van der Waals surface area contributed by atoms with Crippen molar-refractivity contribution in [3.63, 3.8) is 0 Å². The van der Waals surface area contributed by atoms with Crippen LogP contribution in [0.1, 0.15) is 17.5 Å². The monoisotopic (exact) mass is 260 g/mol. The number of aromatic nitrogens is 1. The summed E-state index contributed by atoms with van der Waals surface area (Å²) in [6.07, 6.45) is 5.72. The van der Waals surface area contributed by atoms with E-state index in [0.29, 0.717) is 5.88 Å². The molecule has 0 atom stereocenters. The zero-order chi connectivity index (χ0) is 12.6. The van der Waals surface area contributed by atoms with Crippen LogP contribution in [0, 0.1) is 0 Å². The summed E-state index contributed by atoms with van der Waals surface area (Å²) in [5, 5.41) is 3.40. The zero-order valence-electron chi connectivity index (χ0n) is 10.3. The lowest BCUT2D eigenvalue weighted by Gasteiger charge is -2.08. The molecule has 0 fully saturated rings. The highest BCUT2D eigenvalue weighted by Crippen LogP contribution is 2.13. The predicted octanol–water partition coefficient (Wildman–Crippen LogP) is 3.87. The van der Waals surface area contributed by atoms with Gasteiger partial charge in [0.1, 0.15) is 0 Å². The van der Waals surface area contributed by atoms with Gasteiger partial charge in [-0.15, -0.1) is 11.6 Å². The average molecular weight is 261 g/mol. The van der Waals surface area contributed by atoms with Crippen molar-refractivity contribution in [3.05, 3.63) is 59.9 Å². The molecule has 1 heterocycles. The van der Waals surface area contributed by atoms with E-state index >= 15 is 0 Å². The number of hydrogen-bond donors (Lipinski definition) is 1. The molecule has 3 heteroatoms. The Kier molecular flexibility index (Phi) is 5.03. The second-order valence-electron chi connectivity index (χ2n) is 4.21. The molecule has 2 rings (SSSR count). The van der Waals surface area contributed by atoms with Crippen LogP contribution in [-0.2, 0) is 13.0 Å². The Morgan fingerprint density at radius 1 is 1.11 bits per heavy atom. The van der Waals surface area contributed by atoms with Gasteiger partial charge in [0.05, 0.1) is 0 Å². The first-order valence-electron chi connectivity index (χ1n) is 6.16. The molecule has 0 amide bonds. The van der Waals surface area contributed by atoms with E-state index in [1.54, 1.807) is 6.20 Å². The molecule has 2 nitrogen and oxygen atoms in total. The van der Waals surface area contributed by atoms with Crippen LogP contribution in [0.5, 0.6) is 0 Å². The number of nitrogens with one attached hydrogen (secondary N) is 1. The number of nitrogens with zero attached hydrogens (tertiary/aromatic N) is 1. The van der Waals surface area contributed by atoms with Crippen LogP contribution in [0.15, 0.2) is 48.8 Å². The Balaban J connectivity index is 1.93. The quantitative estimate of drug-likeness (QED) is 0.798. The molecular weight excluding hydrogens is 244 g/mol. The van der Waals surface area contributed by atoms with Crippen molar-refractivity contribution in [2.75, 3.05) is 11.2 Å². The highest BCUT2D eigenvalue weighted by atomic mass is 35.5. The Morgan fingerprint density at radius 3 is 2.78 bits per heavy atom. The second kappa shape index (κ2) is 7.02. The predicted molar refractivity (Wildman–Crippen MR) is 77.0 cm³/mol. The summed E-state index contributed by atoms with van der Waals surface area (Å²) in [6.45, 7) is 0.798. The van der Waals surface area contributed by atoms with Gasteiger partial charge in [-0.25, -0.2) is 0 Å². The lowest BCUT2D eigenvalue weighted by atomic mass is 10.1. The zero-order valence-corrected chi connectivity index (χ0v) is 11.0. The van der Waals surface area contributed by atoms with Crippen LogP contribution >= 0.6 is 11.6 Å². The summed E-state index contributed by atoms with van der Waals surface area (Å²) >= 11 is 5.71. The van der Waals surface area contributed by atoms with Gasteiger partial charge in [-0.2, -0.15) is 0 Å². The Labute approximate surface area is 113 Å². The van der Waals surface area contributed by atoms with Crippen LogP contribution < -0.4 is 5.32 Å². The second-order valence-corrected chi connectivity index (χ2v) is 4.59. The molecule has 0 aliphatic carbocycles. The maximum atomic E-state index is 5.71. The van der Waals surface area contributed by atoms with E-state index in [1.165, 1.54) is 11.1 Å². The fraction of sp³-hybridized carbons (Fsp3) is 0.267. The summed E-state index contributed by atoms with van der Waals surface area (Å²) in [5.74, 6) is 0.716. The summed E-state index contributed by atoms with van der Waals surface area (Å²) in [4.78, 5) is 4.10. The molecule has 1 aromatic carbocycles. The highest BCUT2D eigenvalue weighted by Gasteiger charge is 1.97. The fourth-order valence-corrected chi connectivity index (χ4v) is 1.95. The van der Waals surface area contributed by atoms with Crippen molar-refractivity contribution >= 4 is 17.3 Å². The van der Waals surface area contributed by atoms with Crippen molar-refractivity contribution < 1.29 is 0 Å². The number of benzene rings is 1. The first kappa shape index (κ1) is 12.9.